The average Bonchev–Trinajstić information content (AvgIpc) is 2.02. The van der Waals surface area contributed by atoms with Gasteiger partial charge in [0.2, 0.25) is 0 Å². The van der Waals surface area contributed by atoms with Crippen molar-refractivity contribution in [3.05, 3.63) is 0 Å². The van der Waals surface area contributed by atoms with Crippen LogP contribution < -0.4 is 0 Å². The number of hydrogen-bond donors (Lipinski definition) is 1. The Balaban J connectivity index is 2.52. The molecule has 0 spiro atoms. The average molecular weight is 184 g/mol. The Morgan fingerprint density at radius 3 is 2.62 bits per heavy atom. The molecular formula is C12H24O. The summed E-state index contributed by atoms with van der Waals surface area (Å²) in [6, 6.07) is 0. The predicted octanol–water partition coefficient (Wildman–Crippen LogP) is 3.22. The Hall–Kier alpha value is -0.0400. The van der Waals surface area contributed by atoms with Crippen LogP contribution in [-0.4, -0.2) is 11.7 Å². The van der Waals surface area contributed by atoms with Crippen LogP contribution in [-0.2, 0) is 0 Å². The summed E-state index contributed by atoms with van der Waals surface area (Å²) in [5, 5.41) is 8.85. The normalized spacial score (nSPS) is 33.2. The van der Waals surface area contributed by atoms with E-state index in [4.69, 9.17) is 5.11 Å². The Morgan fingerprint density at radius 2 is 2.08 bits per heavy atom. The van der Waals surface area contributed by atoms with Crippen LogP contribution in [0.1, 0.15) is 52.9 Å². The lowest BCUT2D eigenvalue weighted by atomic mass is 9.63. The van der Waals surface area contributed by atoms with Gasteiger partial charge in [0.05, 0.1) is 0 Å². The minimum Gasteiger partial charge on any atom is -0.396 e. The highest BCUT2D eigenvalue weighted by atomic mass is 16.2. The second kappa shape index (κ2) is 4.45. The Morgan fingerprint density at radius 1 is 1.38 bits per heavy atom. The first-order chi connectivity index (χ1) is 6.08. The van der Waals surface area contributed by atoms with E-state index in [2.05, 4.69) is 20.8 Å². The smallest absolute Gasteiger partial charge is 0.0431 e. The summed E-state index contributed by atoms with van der Waals surface area (Å²) in [6.07, 6.45) is 6.35. The SMILES string of the molecule is C[C@H]1CCCC(C)(C)C1CCCO. The Labute approximate surface area is 82.5 Å². The van der Waals surface area contributed by atoms with Crippen molar-refractivity contribution in [3.8, 4) is 0 Å². The van der Waals surface area contributed by atoms with Crippen molar-refractivity contribution in [3.63, 3.8) is 0 Å². The van der Waals surface area contributed by atoms with Gasteiger partial charge >= 0.3 is 0 Å². The summed E-state index contributed by atoms with van der Waals surface area (Å²) in [5.41, 5.74) is 0.507. The molecule has 1 nitrogen and oxygen atoms in total. The summed E-state index contributed by atoms with van der Waals surface area (Å²) in [4.78, 5) is 0. The van der Waals surface area contributed by atoms with Crippen LogP contribution in [0.25, 0.3) is 0 Å². The summed E-state index contributed by atoms with van der Waals surface area (Å²) in [6.45, 7) is 7.53. The van der Waals surface area contributed by atoms with Crippen molar-refractivity contribution in [2.45, 2.75) is 52.9 Å². The first-order valence-corrected chi connectivity index (χ1v) is 5.69. The van der Waals surface area contributed by atoms with Crippen LogP contribution in [0.2, 0.25) is 0 Å². The van der Waals surface area contributed by atoms with Crippen molar-refractivity contribution < 1.29 is 5.11 Å². The maximum atomic E-state index is 8.85. The van der Waals surface area contributed by atoms with Gasteiger partial charge in [0.15, 0.2) is 0 Å². The fourth-order valence-corrected chi connectivity index (χ4v) is 3.02. The molecule has 1 fully saturated rings. The fraction of sp³-hybridized carbons (Fsp3) is 1.00. The molecule has 1 aliphatic carbocycles. The third-order valence-corrected chi connectivity index (χ3v) is 3.84. The van der Waals surface area contributed by atoms with Crippen molar-refractivity contribution >= 4 is 0 Å². The van der Waals surface area contributed by atoms with Crippen LogP contribution in [0, 0.1) is 17.3 Å². The number of aliphatic hydroxyl groups is 1. The predicted molar refractivity (Wildman–Crippen MR) is 56.6 cm³/mol. The molecule has 1 heteroatoms. The molecule has 1 aliphatic rings. The van der Waals surface area contributed by atoms with Gasteiger partial charge in [0, 0.05) is 6.61 Å². The maximum absolute atomic E-state index is 8.85. The molecule has 0 aromatic carbocycles. The molecule has 13 heavy (non-hydrogen) atoms. The molecule has 2 atom stereocenters. The lowest BCUT2D eigenvalue weighted by Gasteiger charge is -2.43. The molecule has 1 N–H and O–H groups in total. The van der Waals surface area contributed by atoms with E-state index in [1.54, 1.807) is 0 Å². The van der Waals surface area contributed by atoms with Gasteiger partial charge in [-0.3, -0.25) is 0 Å². The van der Waals surface area contributed by atoms with Gasteiger partial charge < -0.3 is 5.11 Å². The molecular weight excluding hydrogens is 160 g/mol. The second-order valence-corrected chi connectivity index (χ2v) is 5.33. The van der Waals surface area contributed by atoms with Gasteiger partial charge in [-0.15, -0.1) is 0 Å². The van der Waals surface area contributed by atoms with Gasteiger partial charge in [0.25, 0.3) is 0 Å². The molecule has 0 aliphatic heterocycles. The highest BCUT2D eigenvalue weighted by Gasteiger charge is 2.35. The zero-order valence-corrected chi connectivity index (χ0v) is 9.34. The third kappa shape index (κ3) is 2.70. The van der Waals surface area contributed by atoms with Crippen molar-refractivity contribution in [1.82, 2.24) is 0 Å². The minimum atomic E-state index is 0.360. The number of aliphatic hydroxyl groups excluding tert-OH is 1. The maximum Gasteiger partial charge on any atom is 0.0431 e. The van der Waals surface area contributed by atoms with E-state index in [1.165, 1.54) is 25.7 Å². The summed E-state index contributed by atoms with van der Waals surface area (Å²) >= 11 is 0. The lowest BCUT2D eigenvalue weighted by Crippen LogP contribution is -2.33. The van der Waals surface area contributed by atoms with Crippen LogP contribution in [0.5, 0.6) is 0 Å². The van der Waals surface area contributed by atoms with E-state index in [1.807, 2.05) is 0 Å². The van der Waals surface area contributed by atoms with Crippen molar-refractivity contribution in [2.75, 3.05) is 6.61 Å². The van der Waals surface area contributed by atoms with E-state index in [0.29, 0.717) is 12.0 Å². The summed E-state index contributed by atoms with van der Waals surface area (Å²) < 4.78 is 0. The molecule has 0 radical (unpaired) electrons. The Kier molecular flexibility index (Phi) is 3.78. The van der Waals surface area contributed by atoms with Gasteiger partial charge in [0.1, 0.15) is 0 Å². The first-order valence-electron chi connectivity index (χ1n) is 5.69. The largest absolute Gasteiger partial charge is 0.396 e. The van der Waals surface area contributed by atoms with Crippen LogP contribution in [0.3, 0.4) is 0 Å². The quantitative estimate of drug-likeness (QED) is 0.714. The van der Waals surface area contributed by atoms with Gasteiger partial charge in [-0.05, 0) is 36.5 Å². The molecule has 1 unspecified atom stereocenters. The lowest BCUT2D eigenvalue weighted by molar-refractivity contribution is 0.0699. The highest BCUT2D eigenvalue weighted by Crippen LogP contribution is 2.45. The van der Waals surface area contributed by atoms with E-state index in [9.17, 15) is 0 Å². The topological polar surface area (TPSA) is 20.2 Å². The summed E-state index contributed by atoms with van der Waals surface area (Å²) in [7, 11) is 0. The molecule has 1 saturated carbocycles. The molecule has 0 aromatic rings. The van der Waals surface area contributed by atoms with E-state index in [0.717, 1.165) is 18.3 Å². The van der Waals surface area contributed by atoms with E-state index < -0.39 is 0 Å². The minimum absolute atomic E-state index is 0.360. The van der Waals surface area contributed by atoms with E-state index >= 15 is 0 Å². The molecule has 78 valence electrons. The van der Waals surface area contributed by atoms with Crippen LogP contribution in [0.15, 0.2) is 0 Å². The zero-order valence-electron chi connectivity index (χ0n) is 9.34. The molecule has 0 aromatic heterocycles. The fourth-order valence-electron chi connectivity index (χ4n) is 3.02. The number of rotatable bonds is 3. The van der Waals surface area contributed by atoms with Gasteiger partial charge in [-0.25, -0.2) is 0 Å². The monoisotopic (exact) mass is 184 g/mol. The van der Waals surface area contributed by atoms with Crippen molar-refractivity contribution in [1.29, 1.82) is 0 Å². The molecule has 0 heterocycles. The zero-order chi connectivity index (χ0) is 9.90. The third-order valence-electron chi connectivity index (χ3n) is 3.84. The Bertz CT molecular complexity index is 151. The highest BCUT2D eigenvalue weighted by molar-refractivity contribution is 4.86. The molecule has 0 saturated heterocycles. The molecule has 0 amide bonds. The standard InChI is InChI=1S/C12H24O/c1-10-6-4-8-12(2,3)11(10)7-5-9-13/h10-11,13H,4-9H2,1-3H3/t10-,11?/m0/s1. The van der Waals surface area contributed by atoms with Crippen LogP contribution >= 0.6 is 0 Å². The summed E-state index contributed by atoms with van der Waals surface area (Å²) in [5.74, 6) is 1.68. The van der Waals surface area contributed by atoms with Gasteiger partial charge in [-0.1, -0.05) is 33.6 Å². The first kappa shape index (κ1) is 11.0. The second-order valence-electron chi connectivity index (χ2n) is 5.33. The molecule has 1 rings (SSSR count). The van der Waals surface area contributed by atoms with Crippen LogP contribution in [0.4, 0.5) is 0 Å². The number of hydrogen-bond acceptors (Lipinski definition) is 1. The molecule has 0 bridgehead atoms. The van der Waals surface area contributed by atoms with E-state index in [-0.39, 0.29) is 0 Å². The van der Waals surface area contributed by atoms with Gasteiger partial charge in [-0.2, -0.15) is 0 Å². The van der Waals surface area contributed by atoms with Crippen molar-refractivity contribution in [2.24, 2.45) is 17.3 Å².